The Kier molecular flexibility index (Phi) is 7.31. The summed E-state index contributed by atoms with van der Waals surface area (Å²) < 4.78 is 26.1. The van der Waals surface area contributed by atoms with Crippen molar-refractivity contribution >= 4 is 5.97 Å². The van der Waals surface area contributed by atoms with E-state index in [4.69, 9.17) is 14.6 Å². The molecule has 0 unspecified atom stereocenters. The molecule has 3 aromatic rings. The van der Waals surface area contributed by atoms with E-state index in [1.54, 1.807) is 19.2 Å². The Bertz CT molecular complexity index is 1180. The quantitative estimate of drug-likeness (QED) is 0.328. The maximum Gasteiger partial charge on any atom is 0.304 e. The molecule has 0 aliphatic heterocycles. The zero-order valence-corrected chi connectivity index (χ0v) is 19.5. The second-order valence-corrected chi connectivity index (χ2v) is 8.63. The van der Waals surface area contributed by atoms with Gasteiger partial charge in [-0.3, -0.25) is 4.79 Å². The zero-order valence-electron chi connectivity index (χ0n) is 19.5. The molecule has 0 radical (unpaired) electrons. The van der Waals surface area contributed by atoms with Crippen molar-refractivity contribution < 1.29 is 23.8 Å². The van der Waals surface area contributed by atoms with E-state index < -0.39 is 5.97 Å². The van der Waals surface area contributed by atoms with Gasteiger partial charge in [-0.25, -0.2) is 4.39 Å². The Morgan fingerprint density at radius 2 is 1.79 bits per heavy atom. The summed E-state index contributed by atoms with van der Waals surface area (Å²) in [6.07, 6.45) is 6.05. The highest BCUT2D eigenvalue weighted by Crippen LogP contribution is 2.45. The Hall–Kier alpha value is -3.60. The first-order valence-electron chi connectivity index (χ1n) is 11.5. The van der Waals surface area contributed by atoms with Gasteiger partial charge in [0.15, 0.2) is 0 Å². The van der Waals surface area contributed by atoms with E-state index >= 15 is 0 Å². The lowest BCUT2D eigenvalue weighted by molar-refractivity contribution is -0.137. The summed E-state index contributed by atoms with van der Waals surface area (Å²) in [6, 6.07) is 18.5. The molecule has 34 heavy (non-hydrogen) atoms. The molecule has 0 bridgehead atoms. The smallest absolute Gasteiger partial charge is 0.304 e. The fraction of sp³-hybridized carbons (Fsp3) is 0.276. The summed E-state index contributed by atoms with van der Waals surface area (Å²) in [4.78, 5) is 11.2. The molecule has 5 heteroatoms. The van der Waals surface area contributed by atoms with Crippen molar-refractivity contribution in [1.29, 1.82) is 0 Å². The Labute approximate surface area is 199 Å². The fourth-order valence-electron chi connectivity index (χ4n) is 4.21. The average molecular weight is 461 g/mol. The topological polar surface area (TPSA) is 55.8 Å². The lowest BCUT2D eigenvalue weighted by Crippen LogP contribution is -2.04. The fourth-order valence-corrected chi connectivity index (χ4v) is 4.21. The molecule has 1 fully saturated rings. The standard InChI is InChI=1S/C29H29FO4/c1-3-4-22(16-29(31)32)20-8-10-23(11-9-20)34-18-19-5-13-25(21-6-7-21)26(15-19)27-17-24(33-2)12-14-28(27)30/h3-5,8-15,17,21-22H,6-7,16,18H2,1-2H3,(H,31,32)/b4-3+/t22-/m1/s1. The van der Waals surface area contributed by atoms with Gasteiger partial charge in [0.05, 0.1) is 13.5 Å². The molecule has 1 aliphatic rings. The van der Waals surface area contributed by atoms with Crippen LogP contribution in [0.2, 0.25) is 0 Å². The highest BCUT2D eigenvalue weighted by molar-refractivity contribution is 5.71. The number of aliphatic carboxylic acids is 1. The van der Waals surface area contributed by atoms with E-state index in [9.17, 15) is 9.18 Å². The maximum atomic E-state index is 14.7. The first kappa shape index (κ1) is 23.6. The van der Waals surface area contributed by atoms with Gasteiger partial charge in [0.1, 0.15) is 23.9 Å². The molecular formula is C29H29FO4. The molecule has 0 heterocycles. The molecule has 4 nitrogen and oxygen atoms in total. The summed E-state index contributed by atoms with van der Waals surface area (Å²) >= 11 is 0. The number of allylic oxidation sites excluding steroid dienone is 2. The number of hydrogen-bond acceptors (Lipinski definition) is 3. The molecule has 4 rings (SSSR count). The van der Waals surface area contributed by atoms with Crippen LogP contribution in [0, 0.1) is 5.82 Å². The van der Waals surface area contributed by atoms with Crippen LogP contribution in [-0.2, 0) is 11.4 Å². The minimum absolute atomic E-state index is 0.0431. The highest BCUT2D eigenvalue weighted by atomic mass is 19.1. The van der Waals surface area contributed by atoms with Gasteiger partial charge < -0.3 is 14.6 Å². The molecule has 0 amide bonds. The van der Waals surface area contributed by atoms with Crippen molar-refractivity contribution in [2.75, 3.05) is 7.11 Å². The summed E-state index contributed by atoms with van der Waals surface area (Å²) in [7, 11) is 1.58. The van der Waals surface area contributed by atoms with Gasteiger partial charge in [-0.2, -0.15) is 0 Å². The maximum absolute atomic E-state index is 14.7. The Morgan fingerprint density at radius 3 is 2.44 bits per heavy atom. The number of ether oxygens (including phenoxy) is 2. The van der Waals surface area contributed by atoms with Crippen molar-refractivity contribution in [2.24, 2.45) is 0 Å². The number of hydrogen-bond donors (Lipinski definition) is 1. The molecule has 3 aromatic carbocycles. The largest absolute Gasteiger partial charge is 0.497 e. The van der Waals surface area contributed by atoms with E-state index in [0.717, 1.165) is 35.1 Å². The Balaban J connectivity index is 1.53. The lowest BCUT2D eigenvalue weighted by atomic mass is 9.94. The van der Waals surface area contributed by atoms with Crippen molar-refractivity contribution in [1.82, 2.24) is 0 Å². The van der Waals surface area contributed by atoms with E-state index in [2.05, 4.69) is 6.07 Å². The number of halogens is 1. The molecule has 1 aliphatic carbocycles. The van der Waals surface area contributed by atoms with Crippen LogP contribution in [0.15, 0.2) is 72.8 Å². The number of carbonyl (C=O) groups is 1. The number of carboxylic acid groups (broad SMARTS) is 1. The monoisotopic (exact) mass is 460 g/mol. The van der Waals surface area contributed by atoms with Crippen LogP contribution in [0.25, 0.3) is 11.1 Å². The first-order valence-corrected chi connectivity index (χ1v) is 11.5. The van der Waals surface area contributed by atoms with Crippen LogP contribution < -0.4 is 9.47 Å². The van der Waals surface area contributed by atoms with Crippen molar-refractivity contribution in [3.63, 3.8) is 0 Å². The molecule has 0 aromatic heterocycles. The zero-order chi connectivity index (χ0) is 24.1. The predicted molar refractivity (Wildman–Crippen MR) is 131 cm³/mol. The molecule has 1 saturated carbocycles. The number of rotatable bonds is 10. The summed E-state index contributed by atoms with van der Waals surface area (Å²) in [5.74, 6) is 0.512. The van der Waals surface area contributed by atoms with Gasteiger partial charge in [0, 0.05) is 11.5 Å². The molecule has 176 valence electrons. The van der Waals surface area contributed by atoms with E-state index in [-0.39, 0.29) is 18.2 Å². The molecule has 0 spiro atoms. The highest BCUT2D eigenvalue weighted by Gasteiger charge is 2.27. The molecular weight excluding hydrogens is 431 g/mol. The van der Waals surface area contributed by atoms with Gasteiger partial charge in [0.25, 0.3) is 0 Å². The van der Waals surface area contributed by atoms with E-state index in [1.165, 1.54) is 6.07 Å². The SMILES string of the molecule is C/C=C/[C@H](CC(=O)O)c1ccc(OCc2ccc(C3CC3)c(-c3cc(OC)ccc3F)c2)cc1. The number of methoxy groups -OCH3 is 1. The average Bonchev–Trinajstić information content (AvgIpc) is 3.68. The van der Waals surface area contributed by atoms with Crippen molar-refractivity contribution in [2.45, 2.75) is 44.6 Å². The lowest BCUT2D eigenvalue weighted by Gasteiger charge is -2.15. The van der Waals surface area contributed by atoms with Gasteiger partial charge >= 0.3 is 5.97 Å². The van der Waals surface area contributed by atoms with Crippen molar-refractivity contribution in [3.05, 3.63) is 95.3 Å². The minimum atomic E-state index is -0.832. The third kappa shape index (κ3) is 5.66. The number of carboxylic acids is 1. The van der Waals surface area contributed by atoms with Gasteiger partial charge in [-0.1, -0.05) is 36.4 Å². The summed E-state index contributed by atoms with van der Waals surface area (Å²) in [5, 5.41) is 9.16. The van der Waals surface area contributed by atoms with Crippen LogP contribution in [0.5, 0.6) is 11.5 Å². The van der Waals surface area contributed by atoms with Gasteiger partial charge in [0.2, 0.25) is 0 Å². The minimum Gasteiger partial charge on any atom is -0.497 e. The second kappa shape index (κ2) is 10.6. The normalized spacial score (nSPS) is 14.2. The second-order valence-electron chi connectivity index (χ2n) is 8.63. The van der Waals surface area contributed by atoms with Crippen LogP contribution in [0.4, 0.5) is 4.39 Å². The van der Waals surface area contributed by atoms with Crippen LogP contribution >= 0.6 is 0 Å². The molecule has 1 N–H and O–H groups in total. The first-order chi connectivity index (χ1) is 16.5. The summed E-state index contributed by atoms with van der Waals surface area (Å²) in [6.45, 7) is 2.22. The number of benzene rings is 3. The molecule has 1 atom stereocenters. The molecule has 0 saturated heterocycles. The van der Waals surface area contributed by atoms with E-state index in [0.29, 0.717) is 29.6 Å². The van der Waals surface area contributed by atoms with Crippen LogP contribution in [-0.4, -0.2) is 18.2 Å². The van der Waals surface area contributed by atoms with Crippen LogP contribution in [0.3, 0.4) is 0 Å². The predicted octanol–water partition coefficient (Wildman–Crippen LogP) is 7.09. The summed E-state index contributed by atoms with van der Waals surface area (Å²) in [5.41, 5.74) is 4.47. The van der Waals surface area contributed by atoms with Gasteiger partial charge in [-0.05, 0) is 84.3 Å². The van der Waals surface area contributed by atoms with Crippen molar-refractivity contribution in [3.8, 4) is 22.6 Å². The van der Waals surface area contributed by atoms with Gasteiger partial charge in [-0.15, -0.1) is 0 Å². The Morgan fingerprint density at radius 1 is 1.06 bits per heavy atom. The third-order valence-electron chi connectivity index (χ3n) is 6.13. The van der Waals surface area contributed by atoms with E-state index in [1.807, 2.05) is 55.5 Å². The third-order valence-corrected chi connectivity index (χ3v) is 6.13. The van der Waals surface area contributed by atoms with Crippen LogP contribution in [0.1, 0.15) is 54.7 Å².